The Kier molecular flexibility index (Phi) is 6.09. The van der Waals surface area contributed by atoms with Gasteiger partial charge in [-0.15, -0.1) is 0 Å². The molecule has 0 radical (unpaired) electrons. The van der Waals surface area contributed by atoms with E-state index in [9.17, 15) is 13.2 Å². The maximum Gasteiger partial charge on any atom is 1.00 e. The summed E-state index contributed by atoms with van der Waals surface area (Å²) in [5.74, 6) is -1.74. The molecule has 0 atom stereocenters. The predicted molar refractivity (Wildman–Crippen MR) is 35.9 cm³/mol. The van der Waals surface area contributed by atoms with Crippen molar-refractivity contribution in [3.05, 3.63) is 12.2 Å². The topological polar surface area (TPSA) is 97.5 Å². The molecule has 0 saturated heterocycles. The minimum absolute atomic E-state index is 0. The third-order valence-electron chi connectivity index (χ3n) is 0.705. The molecular weight excluding hydrogens is 181 g/mol. The molecule has 0 spiro atoms. The van der Waals surface area contributed by atoms with Crippen LogP contribution in [-0.4, -0.2) is 24.6 Å². The zero-order chi connectivity index (χ0) is 8.36. The van der Waals surface area contributed by atoms with E-state index in [-0.39, 0.29) is 36.6 Å². The minimum Gasteiger partial charge on any atom is -1.00 e. The molecule has 7 heteroatoms. The molecule has 0 aliphatic carbocycles. The van der Waals surface area contributed by atoms with Crippen molar-refractivity contribution in [2.24, 2.45) is 5.73 Å². The van der Waals surface area contributed by atoms with Crippen molar-refractivity contribution in [3.63, 3.8) is 0 Å². The molecule has 0 saturated carbocycles. The molecule has 0 rings (SSSR count). The summed E-state index contributed by atoms with van der Waals surface area (Å²) in [5.41, 5.74) is 4.30. The fraction of sp³-hybridized carbons (Fsp3) is 0.250. The van der Waals surface area contributed by atoms with Crippen molar-refractivity contribution < 1.29 is 48.7 Å². The van der Waals surface area contributed by atoms with Gasteiger partial charge in [0.15, 0.2) is 0 Å². The predicted octanol–water partition coefficient (Wildman–Crippen LogP) is -3.97. The molecule has 0 bridgehead atoms. The second-order valence-electron chi connectivity index (χ2n) is 1.69. The van der Waals surface area contributed by atoms with E-state index in [0.717, 1.165) is 0 Å². The fourth-order valence-electron chi connectivity index (χ4n) is 0.291. The number of carbonyl (C=O) groups is 1. The van der Waals surface area contributed by atoms with Gasteiger partial charge >= 0.3 is 29.6 Å². The number of nitrogens with two attached hydrogens (primary N) is 1. The van der Waals surface area contributed by atoms with E-state index in [2.05, 4.69) is 12.3 Å². The third kappa shape index (κ3) is 8.02. The second-order valence-corrected chi connectivity index (χ2v) is 3.15. The van der Waals surface area contributed by atoms with Crippen LogP contribution in [0.25, 0.3) is 0 Å². The number of hydrogen-bond acceptors (Lipinski definition) is 3. The zero-order valence-corrected chi connectivity index (χ0v) is 8.89. The minimum atomic E-state index is -4.17. The van der Waals surface area contributed by atoms with Gasteiger partial charge in [0.25, 0.3) is 10.1 Å². The van der Waals surface area contributed by atoms with Crippen LogP contribution in [0, 0.1) is 0 Å². The van der Waals surface area contributed by atoms with Gasteiger partial charge in [0.2, 0.25) is 5.91 Å². The van der Waals surface area contributed by atoms with Crippen LogP contribution in [0.5, 0.6) is 0 Å². The third-order valence-corrected chi connectivity index (χ3v) is 1.42. The molecule has 0 heterocycles. The Morgan fingerprint density at radius 1 is 1.64 bits per heavy atom. The second kappa shape index (κ2) is 4.89. The van der Waals surface area contributed by atoms with Crippen molar-refractivity contribution >= 4 is 16.0 Å². The molecule has 0 fully saturated rings. The van der Waals surface area contributed by atoms with Crippen molar-refractivity contribution in [2.75, 3.05) is 5.75 Å². The summed E-state index contributed by atoms with van der Waals surface area (Å²) in [4.78, 5) is 10.1. The van der Waals surface area contributed by atoms with Crippen LogP contribution in [0.2, 0.25) is 0 Å². The quantitative estimate of drug-likeness (QED) is 0.269. The summed E-state index contributed by atoms with van der Waals surface area (Å²) in [7, 11) is -4.17. The molecule has 11 heavy (non-hydrogen) atoms. The monoisotopic (exact) mass is 189 g/mol. The molecule has 3 N–H and O–H groups in total. The summed E-state index contributed by atoms with van der Waals surface area (Å²) in [6.45, 7) is 3.03. The maximum absolute atomic E-state index is 10.1. The molecule has 0 aromatic carbocycles. The smallest absolute Gasteiger partial charge is 1.00 e. The molecule has 0 aliphatic rings. The van der Waals surface area contributed by atoms with E-state index in [4.69, 9.17) is 4.55 Å². The molecule has 0 aromatic rings. The first kappa shape index (κ1) is 13.7. The SMILES string of the molecule is C=C(CS(=O)(=O)O)C(N)=O.[H-].[Na+]. The molecular formula is C4H8NNaO4S. The molecule has 0 aliphatic heterocycles. The molecule has 0 unspecified atom stereocenters. The van der Waals surface area contributed by atoms with Crippen molar-refractivity contribution in [1.82, 2.24) is 0 Å². The standard InChI is InChI=1S/C4H7NO4S.Na.H/c1-3(4(5)6)2-10(7,8)9;;/h1-2H2,(H2,5,6)(H,7,8,9);;/q;+1;-1. The first-order chi connectivity index (χ1) is 4.33. The Labute approximate surface area is 88.2 Å². The first-order valence-corrected chi connectivity index (χ1v) is 3.86. The summed E-state index contributed by atoms with van der Waals surface area (Å²) >= 11 is 0. The normalized spacial score (nSPS) is 9.91. The zero-order valence-electron chi connectivity index (χ0n) is 7.07. The van der Waals surface area contributed by atoms with Gasteiger partial charge in [-0.2, -0.15) is 8.42 Å². The van der Waals surface area contributed by atoms with Crippen LogP contribution in [-0.2, 0) is 14.9 Å². The van der Waals surface area contributed by atoms with Gasteiger partial charge in [0.1, 0.15) is 5.75 Å². The van der Waals surface area contributed by atoms with Crippen LogP contribution in [0.15, 0.2) is 12.2 Å². The molecule has 0 aromatic heterocycles. The van der Waals surface area contributed by atoms with Crippen molar-refractivity contribution in [2.45, 2.75) is 0 Å². The van der Waals surface area contributed by atoms with E-state index >= 15 is 0 Å². The first-order valence-electron chi connectivity index (χ1n) is 2.25. The summed E-state index contributed by atoms with van der Waals surface area (Å²) < 4.78 is 28.2. The van der Waals surface area contributed by atoms with E-state index < -0.39 is 21.8 Å². The van der Waals surface area contributed by atoms with Crippen LogP contribution in [0.3, 0.4) is 0 Å². The Hall–Kier alpha value is 0.120. The van der Waals surface area contributed by atoms with Gasteiger partial charge in [-0.3, -0.25) is 9.35 Å². The van der Waals surface area contributed by atoms with Crippen LogP contribution in [0.4, 0.5) is 0 Å². The average molecular weight is 189 g/mol. The van der Waals surface area contributed by atoms with E-state index in [1.165, 1.54) is 0 Å². The number of carbonyl (C=O) groups excluding carboxylic acids is 1. The number of rotatable bonds is 3. The van der Waals surface area contributed by atoms with Gasteiger partial charge in [-0.25, -0.2) is 0 Å². The fourth-order valence-corrected chi connectivity index (χ4v) is 0.874. The summed E-state index contributed by atoms with van der Waals surface area (Å²) in [6, 6.07) is 0. The average Bonchev–Trinajstić information content (AvgIpc) is 1.60. The Morgan fingerprint density at radius 3 is 2.09 bits per heavy atom. The summed E-state index contributed by atoms with van der Waals surface area (Å²) in [6.07, 6.45) is 0. The van der Waals surface area contributed by atoms with Crippen LogP contribution < -0.4 is 35.3 Å². The number of hydrogen-bond donors (Lipinski definition) is 2. The van der Waals surface area contributed by atoms with Crippen LogP contribution >= 0.6 is 0 Å². The van der Waals surface area contributed by atoms with E-state index in [1.807, 2.05) is 0 Å². The molecule has 1 amide bonds. The number of primary amides is 1. The van der Waals surface area contributed by atoms with Gasteiger partial charge in [-0.1, -0.05) is 6.58 Å². The Balaban J connectivity index is -0.000000405. The van der Waals surface area contributed by atoms with Gasteiger partial charge in [0, 0.05) is 5.57 Å². The van der Waals surface area contributed by atoms with Gasteiger partial charge < -0.3 is 7.16 Å². The molecule has 60 valence electrons. The number of amides is 1. The van der Waals surface area contributed by atoms with E-state index in [1.54, 1.807) is 0 Å². The maximum atomic E-state index is 10.1. The van der Waals surface area contributed by atoms with Gasteiger partial charge in [0.05, 0.1) is 0 Å². The Bertz CT molecular complexity index is 262. The summed E-state index contributed by atoms with van der Waals surface area (Å²) in [5, 5.41) is 0. The van der Waals surface area contributed by atoms with Gasteiger partial charge in [-0.05, 0) is 0 Å². The largest absolute Gasteiger partial charge is 1.00 e. The Morgan fingerprint density at radius 2 is 2.00 bits per heavy atom. The van der Waals surface area contributed by atoms with E-state index in [0.29, 0.717) is 0 Å². The van der Waals surface area contributed by atoms with Crippen molar-refractivity contribution in [3.8, 4) is 0 Å². The van der Waals surface area contributed by atoms with Crippen LogP contribution in [0.1, 0.15) is 1.43 Å². The molecule has 5 nitrogen and oxygen atoms in total. The van der Waals surface area contributed by atoms with Crippen molar-refractivity contribution in [1.29, 1.82) is 0 Å².